The average molecular weight is 226 g/mol. The van der Waals surface area contributed by atoms with E-state index in [1.807, 2.05) is 0 Å². The van der Waals surface area contributed by atoms with E-state index >= 15 is 0 Å². The molecule has 0 fully saturated rings. The number of halogens is 4. The van der Waals surface area contributed by atoms with Gasteiger partial charge in [-0.25, -0.2) is 17.6 Å². The van der Waals surface area contributed by atoms with E-state index in [2.05, 4.69) is 0 Å². The highest BCUT2D eigenvalue weighted by Crippen LogP contribution is 2.29. The Hall–Kier alpha value is -0.750. The molecule has 0 spiro atoms. The number of benzene rings is 1. The standard InChI is InChI=1S/C8H6F4OS/c1-14-8-6(11)4(9)3(2-13)5(10)7(8)12/h13H,2H2,1H3. The number of hydrogen-bond acceptors (Lipinski definition) is 2. The van der Waals surface area contributed by atoms with E-state index in [9.17, 15) is 17.6 Å². The lowest BCUT2D eigenvalue weighted by Gasteiger charge is -2.08. The summed E-state index contributed by atoms with van der Waals surface area (Å²) >= 11 is 0.558. The van der Waals surface area contributed by atoms with E-state index in [4.69, 9.17) is 5.11 Å². The molecule has 6 heteroatoms. The Labute approximate surface area is 81.7 Å². The third-order valence-electron chi connectivity index (χ3n) is 1.68. The van der Waals surface area contributed by atoms with Crippen molar-refractivity contribution >= 4 is 11.8 Å². The maximum Gasteiger partial charge on any atom is 0.175 e. The van der Waals surface area contributed by atoms with Crippen LogP contribution in [-0.2, 0) is 6.61 Å². The second-order valence-corrected chi connectivity index (χ2v) is 3.24. The van der Waals surface area contributed by atoms with Gasteiger partial charge < -0.3 is 5.11 Å². The molecule has 0 heterocycles. The largest absolute Gasteiger partial charge is 0.391 e. The van der Waals surface area contributed by atoms with Crippen LogP contribution in [0.1, 0.15) is 5.56 Å². The fourth-order valence-corrected chi connectivity index (χ4v) is 1.51. The van der Waals surface area contributed by atoms with Gasteiger partial charge in [0.15, 0.2) is 23.3 Å². The molecule has 14 heavy (non-hydrogen) atoms. The highest BCUT2D eigenvalue weighted by Gasteiger charge is 2.23. The van der Waals surface area contributed by atoms with Gasteiger partial charge in [0.05, 0.1) is 17.1 Å². The van der Waals surface area contributed by atoms with Crippen molar-refractivity contribution in [2.45, 2.75) is 11.5 Å². The van der Waals surface area contributed by atoms with Crippen LogP contribution in [0.2, 0.25) is 0 Å². The van der Waals surface area contributed by atoms with Crippen LogP contribution < -0.4 is 0 Å². The lowest BCUT2D eigenvalue weighted by molar-refractivity contribution is 0.261. The van der Waals surface area contributed by atoms with Crippen LogP contribution in [0.15, 0.2) is 4.90 Å². The van der Waals surface area contributed by atoms with Gasteiger partial charge in [0.25, 0.3) is 0 Å². The highest BCUT2D eigenvalue weighted by molar-refractivity contribution is 7.98. The Morgan fingerprint density at radius 2 is 1.43 bits per heavy atom. The van der Waals surface area contributed by atoms with Crippen LogP contribution in [0.5, 0.6) is 0 Å². The number of hydrogen-bond donors (Lipinski definition) is 1. The van der Waals surface area contributed by atoms with Gasteiger partial charge in [0.2, 0.25) is 0 Å². The molecule has 78 valence electrons. The van der Waals surface area contributed by atoms with Crippen LogP contribution >= 0.6 is 11.8 Å². The molecule has 0 aliphatic carbocycles. The minimum absolute atomic E-state index is 0.558. The Kier molecular flexibility index (Phi) is 3.38. The quantitative estimate of drug-likeness (QED) is 0.475. The predicted molar refractivity (Wildman–Crippen MR) is 44.0 cm³/mol. The normalized spacial score (nSPS) is 10.7. The van der Waals surface area contributed by atoms with Crippen molar-refractivity contribution in [3.63, 3.8) is 0 Å². The summed E-state index contributed by atoms with van der Waals surface area (Å²) in [6.45, 7) is -1.08. The summed E-state index contributed by atoms with van der Waals surface area (Å²) in [4.78, 5) is -0.725. The predicted octanol–water partition coefficient (Wildman–Crippen LogP) is 2.46. The molecule has 0 atom stereocenters. The maximum atomic E-state index is 13.0. The Morgan fingerprint density at radius 3 is 1.71 bits per heavy atom. The number of rotatable bonds is 2. The average Bonchev–Trinajstić information content (AvgIpc) is 2.17. The van der Waals surface area contributed by atoms with Crippen molar-refractivity contribution in [3.05, 3.63) is 28.8 Å². The van der Waals surface area contributed by atoms with E-state index in [0.29, 0.717) is 11.8 Å². The van der Waals surface area contributed by atoms with Crippen molar-refractivity contribution in [2.75, 3.05) is 6.26 Å². The highest BCUT2D eigenvalue weighted by atomic mass is 32.2. The molecule has 0 aromatic heterocycles. The van der Waals surface area contributed by atoms with Gasteiger partial charge in [-0.1, -0.05) is 0 Å². The van der Waals surface area contributed by atoms with Gasteiger partial charge >= 0.3 is 0 Å². The van der Waals surface area contributed by atoms with E-state index in [-0.39, 0.29) is 0 Å². The van der Waals surface area contributed by atoms with Crippen LogP contribution in [0.25, 0.3) is 0 Å². The first-order valence-electron chi connectivity index (χ1n) is 3.54. The molecule has 1 N–H and O–H groups in total. The van der Waals surface area contributed by atoms with Crippen molar-refractivity contribution in [3.8, 4) is 0 Å². The van der Waals surface area contributed by atoms with Crippen molar-refractivity contribution < 1.29 is 22.7 Å². The lowest BCUT2D eigenvalue weighted by atomic mass is 10.2. The first kappa shape index (κ1) is 11.3. The van der Waals surface area contributed by atoms with Crippen molar-refractivity contribution in [1.82, 2.24) is 0 Å². The van der Waals surface area contributed by atoms with E-state index in [1.54, 1.807) is 0 Å². The van der Waals surface area contributed by atoms with E-state index < -0.39 is 40.3 Å². The second kappa shape index (κ2) is 4.18. The zero-order valence-electron chi connectivity index (χ0n) is 7.07. The minimum Gasteiger partial charge on any atom is -0.391 e. The molecule has 0 unspecified atom stereocenters. The van der Waals surface area contributed by atoms with Gasteiger partial charge in [-0.15, -0.1) is 11.8 Å². The molecule has 1 aromatic carbocycles. The first-order valence-corrected chi connectivity index (χ1v) is 4.76. The molecule has 1 rings (SSSR count). The molecule has 0 aliphatic rings. The maximum absolute atomic E-state index is 13.0. The monoisotopic (exact) mass is 226 g/mol. The Morgan fingerprint density at radius 1 is 1.00 bits per heavy atom. The summed E-state index contributed by atoms with van der Waals surface area (Å²) in [7, 11) is 0. The molecular formula is C8H6F4OS. The lowest BCUT2D eigenvalue weighted by Crippen LogP contribution is -2.05. The fourth-order valence-electron chi connectivity index (χ4n) is 0.975. The van der Waals surface area contributed by atoms with E-state index in [1.165, 1.54) is 6.26 Å². The SMILES string of the molecule is CSc1c(F)c(F)c(CO)c(F)c1F. The van der Waals surface area contributed by atoms with Gasteiger partial charge in [-0.2, -0.15) is 0 Å². The van der Waals surface area contributed by atoms with Crippen LogP contribution in [0.3, 0.4) is 0 Å². The molecule has 1 nitrogen and oxygen atoms in total. The molecule has 1 aromatic rings. The summed E-state index contributed by atoms with van der Waals surface area (Å²) in [5.74, 6) is -6.03. The fraction of sp³-hybridized carbons (Fsp3) is 0.250. The number of aliphatic hydroxyl groups is 1. The van der Waals surface area contributed by atoms with Crippen LogP contribution in [-0.4, -0.2) is 11.4 Å². The molecular weight excluding hydrogens is 220 g/mol. The molecule has 0 bridgehead atoms. The summed E-state index contributed by atoms with van der Waals surface area (Å²) < 4.78 is 51.8. The van der Waals surface area contributed by atoms with Gasteiger partial charge in [-0.3, -0.25) is 0 Å². The number of aliphatic hydroxyl groups excluding tert-OH is 1. The van der Waals surface area contributed by atoms with Gasteiger partial charge in [0, 0.05) is 0 Å². The summed E-state index contributed by atoms with van der Waals surface area (Å²) in [5.41, 5.74) is -0.988. The first-order chi connectivity index (χ1) is 6.54. The number of thioether (sulfide) groups is 1. The third kappa shape index (κ3) is 1.59. The van der Waals surface area contributed by atoms with Crippen molar-refractivity contribution in [1.29, 1.82) is 0 Å². The summed E-state index contributed by atoms with van der Waals surface area (Å²) in [5, 5.41) is 8.49. The third-order valence-corrected chi connectivity index (χ3v) is 2.44. The molecule has 0 saturated carbocycles. The molecule has 0 aliphatic heterocycles. The van der Waals surface area contributed by atoms with Crippen molar-refractivity contribution in [2.24, 2.45) is 0 Å². The van der Waals surface area contributed by atoms with Gasteiger partial charge in [0.1, 0.15) is 0 Å². The smallest absolute Gasteiger partial charge is 0.175 e. The zero-order valence-corrected chi connectivity index (χ0v) is 7.89. The Balaban J connectivity index is 3.55. The second-order valence-electron chi connectivity index (χ2n) is 2.43. The summed E-state index contributed by atoms with van der Waals surface area (Å²) in [6.07, 6.45) is 1.29. The Bertz CT molecular complexity index is 303. The zero-order chi connectivity index (χ0) is 10.9. The molecule has 0 amide bonds. The topological polar surface area (TPSA) is 20.2 Å². The minimum atomic E-state index is -1.55. The van der Waals surface area contributed by atoms with Crippen LogP contribution in [0.4, 0.5) is 17.6 Å². The van der Waals surface area contributed by atoms with Crippen LogP contribution in [0, 0.1) is 23.3 Å². The van der Waals surface area contributed by atoms with Gasteiger partial charge in [-0.05, 0) is 6.26 Å². The summed E-state index contributed by atoms with van der Waals surface area (Å²) in [6, 6.07) is 0. The molecule has 0 saturated heterocycles. The van der Waals surface area contributed by atoms with E-state index in [0.717, 1.165) is 0 Å². The molecule has 0 radical (unpaired) electrons.